The lowest BCUT2D eigenvalue weighted by Crippen LogP contribution is -2.22. The first-order valence-corrected chi connectivity index (χ1v) is 9.60. The number of fused-ring (bicyclic) bond motifs is 3. The maximum absolute atomic E-state index is 12.8. The number of para-hydroxylation sites is 2. The molecule has 0 atom stereocenters. The van der Waals surface area contributed by atoms with E-state index in [1.807, 2.05) is 31.2 Å². The zero-order chi connectivity index (χ0) is 20.1. The standard InChI is InChI=1S/C21H13N3O4S/c1-12-6-7-13(24(26)27)10-15(12)18-9-8-14(28-18)11-19-20(25)23-17-5-3-2-4-16(17)22-21(23)29-19/h2-11H,1H3. The van der Waals surface area contributed by atoms with E-state index in [0.29, 0.717) is 26.6 Å². The molecule has 7 nitrogen and oxygen atoms in total. The third-order valence-electron chi connectivity index (χ3n) is 4.74. The van der Waals surface area contributed by atoms with Crippen molar-refractivity contribution >= 4 is 39.1 Å². The van der Waals surface area contributed by atoms with Crippen LogP contribution >= 0.6 is 11.3 Å². The molecule has 0 radical (unpaired) electrons. The predicted octanol–water partition coefficient (Wildman–Crippen LogP) is 3.93. The molecule has 0 amide bonds. The monoisotopic (exact) mass is 403 g/mol. The van der Waals surface area contributed by atoms with Crippen LogP contribution in [0.5, 0.6) is 0 Å². The van der Waals surface area contributed by atoms with E-state index in [1.165, 1.54) is 23.5 Å². The van der Waals surface area contributed by atoms with Crippen LogP contribution in [0.1, 0.15) is 11.3 Å². The summed E-state index contributed by atoms with van der Waals surface area (Å²) in [6.07, 6.45) is 1.67. The second-order valence-corrected chi connectivity index (χ2v) is 7.60. The van der Waals surface area contributed by atoms with Crippen LogP contribution in [0.25, 0.3) is 33.4 Å². The van der Waals surface area contributed by atoms with Gasteiger partial charge in [0, 0.05) is 23.8 Å². The highest BCUT2D eigenvalue weighted by molar-refractivity contribution is 7.15. The molecule has 0 saturated heterocycles. The molecule has 0 N–H and O–H groups in total. The molecule has 0 bridgehead atoms. The number of aryl methyl sites for hydroxylation is 1. The molecule has 0 unspecified atom stereocenters. The van der Waals surface area contributed by atoms with Crippen molar-refractivity contribution in [1.29, 1.82) is 0 Å². The van der Waals surface area contributed by atoms with Crippen molar-refractivity contribution in [3.8, 4) is 11.3 Å². The molecule has 0 fully saturated rings. The summed E-state index contributed by atoms with van der Waals surface area (Å²) in [5.41, 5.74) is 2.92. The van der Waals surface area contributed by atoms with Gasteiger partial charge in [-0.2, -0.15) is 0 Å². The van der Waals surface area contributed by atoms with Gasteiger partial charge >= 0.3 is 0 Å². The number of benzene rings is 2. The molecule has 3 heterocycles. The van der Waals surface area contributed by atoms with Crippen molar-refractivity contribution in [3.63, 3.8) is 0 Å². The number of nitro groups is 1. The Bertz CT molecular complexity index is 1530. The fraction of sp³-hybridized carbons (Fsp3) is 0.0476. The lowest BCUT2D eigenvalue weighted by atomic mass is 10.1. The van der Waals surface area contributed by atoms with E-state index < -0.39 is 4.92 Å². The van der Waals surface area contributed by atoms with Gasteiger partial charge in [-0.1, -0.05) is 29.5 Å². The minimum absolute atomic E-state index is 0.000679. The van der Waals surface area contributed by atoms with E-state index in [2.05, 4.69) is 4.98 Å². The Hall–Kier alpha value is -3.78. The molecule has 0 saturated carbocycles. The lowest BCUT2D eigenvalue weighted by Gasteiger charge is -2.02. The van der Waals surface area contributed by atoms with E-state index in [0.717, 1.165) is 16.6 Å². The fourth-order valence-corrected chi connectivity index (χ4v) is 4.27. The zero-order valence-corrected chi connectivity index (χ0v) is 16.0. The van der Waals surface area contributed by atoms with E-state index in [9.17, 15) is 14.9 Å². The second kappa shape index (κ2) is 6.39. The number of nitrogens with zero attached hydrogens (tertiary/aromatic N) is 3. The van der Waals surface area contributed by atoms with Crippen LogP contribution in [0.4, 0.5) is 5.69 Å². The maximum Gasteiger partial charge on any atom is 0.275 e. The largest absolute Gasteiger partial charge is 0.457 e. The van der Waals surface area contributed by atoms with Gasteiger partial charge in [0.2, 0.25) is 0 Å². The molecular weight excluding hydrogens is 390 g/mol. The smallest absolute Gasteiger partial charge is 0.275 e. The summed E-state index contributed by atoms with van der Waals surface area (Å²) in [5, 5.41) is 11.1. The quantitative estimate of drug-likeness (QED) is 0.336. The average Bonchev–Trinajstić information content (AvgIpc) is 3.38. The van der Waals surface area contributed by atoms with E-state index in [-0.39, 0.29) is 11.2 Å². The molecule has 0 spiro atoms. The van der Waals surface area contributed by atoms with E-state index in [1.54, 1.807) is 28.7 Å². The molecule has 8 heteroatoms. The van der Waals surface area contributed by atoms with Gasteiger partial charge in [0.15, 0.2) is 4.96 Å². The van der Waals surface area contributed by atoms with Crippen LogP contribution in [0.2, 0.25) is 0 Å². The fourth-order valence-electron chi connectivity index (χ4n) is 3.31. The normalized spacial score (nSPS) is 12.2. The third-order valence-corrected chi connectivity index (χ3v) is 5.71. The average molecular weight is 403 g/mol. The minimum Gasteiger partial charge on any atom is -0.457 e. The van der Waals surface area contributed by atoms with Gasteiger partial charge in [-0.3, -0.25) is 14.9 Å². The summed E-state index contributed by atoms with van der Waals surface area (Å²) in [5.74, 6) is 1.01. The van der Waals surface area contributed by atoms with Crippen LogP contribution in [0.3, 0.4) is 0 Å². The lowest BCUT2D eigenvalue weighted by molar-refractivity contribution is -0.384. The maximum atomic E-state index is 12.8. The SMILES string of the molecule is Cc1ccc([N+](=O)[O-])cc1-c1ccc(C=c2sc3nc4ccccc4n3c2=O)o1. The molecular formula is C21H13N3O4S. The van der Waals surface area contributed by atoms with Crippen molar-refractivity contribution in [2.24, 2.45) is 0 Å². The Morgan fingerprint density at radius 1 is 1.17 bits per heavy atom. The number of aromatic nitrogens is 2. The summed E-state index contributed by atoms with van der Waals surface area (Å²) in [6, 6.07) is 15.6. The molecule has 0 aliphatic heterocycles. The molecule has 0 aliphatic carbocycles. The molecule has 5 aromatic rings. The number of imidazole rings is 1. The van der Waals surface area contributed by atoms with Crippen LogP contribution < -0.4 is 10.1 Å². The van der Waals surface area contributed by atoms with Gasteiger partial charge in [-0.05, 0) is 36.8 Å². The van der Waals surface area contributed by atoms with Crippen molar-refractivity contribution in [2.45, 2.75) is 6.92 Å². The first-order valence-electron chi connectivity index (χ1n) is 8.78. The molecule has 142 valence electrons. The van der Waals surface area contributed by atoms with Crippen molar-refractivity contribution < 1.29 is 9.34 Å². The van der Waals surface area contributed by atoms with Gasteiger partial charge in [-0.25, -0.2) is 9.38 Å². The van der Waals surface area contributed by atoms with Gasteiger partial charge in [0.1, 0.15) is 16.1 Å². The van der Waals surface area contributed by atoms with Crippen molar-refractivity contribution in [2.75, 3.05) is 0 Å². The van der Waals surface area contributed by atoms with Crippen molar-refractivity contribution in [3.05, 3.63) is 90.9 Å². The minimum atomic E-state index is -0.436. The van der Waals surface area contributed by atoms with E-state index in [4.69, 9.17) is 4.42 Å². The Kier molecular flexibility index (Phi) is 3.82. The number of furan rings is 1. The Morgan fingerprint density at radius 3 is 2.83 bits per heavy atom. The highest BCUT2D eigenvalue weighted by atomic mass is 32.1. The van der Waals surface area contributed by atoms with Gasteiger partial charge in [-0.15, -0.1) is 0 Å². The Morgan fingerprint density at radius 2 is 2.00 bits per heavy atom. The second-order valence-electron chi connectivity index (χ2n) is 6.59. The Labute approximate surface area is 167 Å². The van der Waals surface area contributed by atoms with Crippen LogP contribution in [-0.4, -0.2) is 14.3 Å². The summed E-state index contributed by atoms with van der Waals surface area (Å²) < 4.78 is 7.97. The number of nitro benzene ring substituents is 1. The Balaban J connectivity index is 1.61. The first-order chi connectivity index (χ1) is 14.0. The zero-order valence-electron chi connectivity index (χ0n) is 15.2. The topological polar surface area (TPSA) is 90.6 Å². The number of non-ortho nitro benzene ring substituents is 1. The highest BCUT2D eigenvalue weighted by Crippen LogP contribution is 2.29. The van der Waals surface area contributed by atoms with E-state index >= 15 is 0 Å². The number of thiazole rings is 1. The first kappa shape index (κ1) is 17.3. The number of rotatable bonds is 3. The summed E-state index contributed by atoms with van der Waals surface area (Å²) in [7, 11) is 0. The number of hydrogen-bond donors (Lipinski definition) is 0. The highest BCUT2D eigenvalue weighted by Gasteiger charge is 2.14. The van der Waals surface area contributed by atoms with Crippen LogP contribution in [-0.2, 0) is 0 Å². The molecule has 29 heavy (non-hydrogen) atoms. The molecule has 5 rings (SSSR count). The molecule has 3 aromatic heterocycles. The van der Waals surface area contributed by atoms with Gasteiger partial charge < -0.3 is 4.42 Å². The number of hydrogen-bond acceptors (Lipinski definition) is 6. The van der Waals surface area contributed by atoms with Crippen LogP contribution in [0, 0.1) is 17.0 Å². The summed E-state index contributed by atoms with van der Waals surface area (Å²) in [4.78, 5) is 28.6. The predicted molar refractivity (Wildman–Crippen MR) is 111 cm³/mol. The van der Waals surface area contributed by atoms with Crippen LogP contribution in [0.15, 0.2) is 63.8 Å². The summed E-state index contributed by atoms with van der Waals surface area (Å²) >= 11 is 1.29. The third kappa shape index (κ3) is 2.81. The molecule has 2 aromatic carbocycles. The van der Waals surface area contributed by atoms with Gasteiger partial charge in [0.25, 0.3) is 11.2 Å². The molecule has 0 aliphatic rings. The van der Waals surface area contributed by atoms with Gasteiger partial charge in [0.05, 0.1) is 16.0 Å². The summed E-state index contributed by atoms with van der Waals surface area (Å²) in [6.45, 7) is 1.86. The van der Waals surface area contributed by atoms with Crippen molar-refractivity contribution in [1.82, 2.24) is 9.38 Å².